The predicted molar refractivity (Wildman–Crippen MR) is 65.5 cm³/mol. The van der Waals surface area contributed by atoms with Crippen LogP contribution in [-0.2, 0) is 0 Å². The fraction of sp³-hybridized carbons (Fsp3) is 0.182. The normalized spacial score (nSPS) is 10.3. The highest BCUT2D eigenvalue weighted by atomic mass is 79.9. The SMILES string of the molecule is Cc1cnc(Nc2cccc(Br)c2C)[nH]1. The maximum Gasteiger partial charge on any atom is 0.204 e. The summed E-state index contributed by atoms with van der Waals surface area (Å²) in [6.45, 7) is 4.04. The molecule has 78 valence electrons. The van der Waals surface area contributed by atoms with Crippen molar-refractivity contribution in [2.75, 3.05) is 5.32 Å². The van der Waals surface area contributed by atoms with Gasteiger partial charge in [0.2, 0.25) is 5.95 Å². The lowest BCUT2D eigenvalue weighted by Crippen LogP contribution is -1.95. The van der Waals surface area contributed by atoms with Crippen LogP contribution in [0.2, 0.25) is 0 Å². The Morgan fingerprint density at radius 2 is 2.13 bits per heavy atom. The molecule has 0 fully saturated rings. The first-order valence-corrected chi connectivity index (χ1v) is 5.50. The van der Waals surface area contributed by atoms with Crippen LogP contribution in [0.1, 0.15) is 11.3 Å². The summed E-state index contributed by atoms with van der Waals surface area (Å²) in [6.07, 6.45) is 1.80. The second-order valence-corrected chi connectivity index (χ2v) is 4.31. The molecule has 0 unspecified atom stereocenters. The van der Waals surface area contributed by atoms with Crippen molar-refractivity contribution in [3.05, 3.63) is 40.1 Å². The Kier molecular flexibility index (Phi) is 2.77. The number of nitrogens with one attached hydrogen (secondary N) is 2. The number of nitrogens with zero attached hydrogens (tertiary/aromatic N) is 1. The van der Waals surface area contributed by atoms with E-state index < -0.39 is 0 Å². The molecule has 1 aromatic heterocycles. The summed E-state index contributed by atoms with van der Waals surface area (Å²) in [6, 6.07) is 6.04. The lowest BCUT2D eigenvalue weighted by atomic mass is 10.2. The predicted octanol–water partition coefficient (Wildman–Crippen LogP) is 3.53. The Morgan fingerprint density at radius 1 is 1.33 bits per heavy atom. The number of anilines is 2. The summed E-state index contributed by atoms with van der Waals surface area (Å²) in [4.78, 5) is 7.33. The molecular weight excluding hydrogens is 254 g/mol. The molecule has 0 saturated heterocycles. The summed E-state index contributed by atoms with van der Waals surface area (Å²) >= 11 is 3.49. The van der Waals surface area contributed by atoms with Gasteiger partial charge in [0.1, 0.15) is 0 Å². The molecule has 15 heavy (non-hydrogen) atoms. The van der Waals surface area contributed by atoms with Crippen molar-refractivity contribution < 1.29 is 0 Å². The summed E-state index contributed by atoms with van der Waals surface area (Å²) in [7, 11) is 0. The summed E-state index contributed by atoms with van der Waals surface area (Å²) < 4.78 is 1.09. The lowest BCUT2D eigenvalue weighted by Gasteiger charge is -2.07. The van der Waals surface area contributed by atoms with Gasteiger partial charge in [0.15, 0.2) is 0 Å². The van der Waals surface area contributed by atoms with Crippen LogP contribution in [0.25, 0.3) is 0 Å². The second kappa shape index (κ2) is 4.06. The average molecular weight is 266 g/mol. The monoisotopic (exact) mass is 265 g/mol. The quantitative estimate of drug-likeness (QED) is 0.872. The standard InChI is InChI=1S/C11H12BrN3/c1-7-6-13-11(14-7)15-10-5-3-4-9(12)8(10)2/h3-6H,1-2H3,(H2,13,14,15). The van der Waals surface area contributed by atoms with Crippen LogP contribution >= 0.6 is 15.9 Å². The van der Waals surface area contributed by atoms with Gasteiger partial charge in [-0.25, -0.2) is 4.98 Å². The molecule has 0 amide bonds. The van der Waals surface area contributed by atoms with Crippen molar-refractivity contribution >= 4 is 27.6 Å². The smallest absolute Gasteiger partial charge is 0.204 e. The summed E-state index contributed by atoms with van der Waals surface area (Å²) in [5.41, 5.74) is 3.27. The highest BCUT2D eigenvalue weighted by molar-refractivity contribution is 9.10. The Hall–Kier alpha value is -1.29. The minimum atomic E-state index is 0.772. The maximum atomic E-state index is 4.20. The van der Waals surface area contributed by atoms with Gasteiger partial charge in [-0.3, -0.25) is 0 Å². The molecule has 0 aliphatic heterocycles. The molecule has 2 N–H and O–H groups in total. The number of imidazole rings is 1. The van der Waals surface area contributed by atoms with Gasteiger partial charge in [-0.05, 0) is 31.5 Å². The minimum Gasteiger partial charge on any atom is -0.328 e. The van der Waals surface area contributed by atoms with Gasteiger partial charge in [0.25, 0.3) is 0 Å². The molecule has 0 aliphatic carbocycles. The van der Waals surface area contributed by atoms with E-state index in [1.807, 2.05) is 25.1 Å². The first-order chi connectivity index (χ1) is 7.16. The van der Waals surface area contributed by atoms with Gasteiger partial charge in [0.05, 0.1) is 0 Å². The summed E-state index contributed by atoms with van der Waals surface area (Å²) in [5, 5.41) is 3.24. The van der Waals surface area contributed by atoms with E-state index in [-0.39, 0.29) is 0 Å². The number of hydrogen-bond acceptors (Lipinski definition) is 2. The molecule has 4 heteroatoms. The number of aryl methyl sites for hydroxylation is 1. The molecule has 0 bridgehead atoms. The minimum absolute atomic E-state index is 0.772. The third-order valence-corrected chi connectivity index (χ3v) is 3.08. The zero-order valence-electron chi connectivity index (χ0n) is 8.63. The van der Waals surface area contributed by atoms with E-state index >= 15 is 0 Å². The first-order valence-electron chi connectivity index (χ1n) is 4.70. The Bertz CT molecular complexity index is 476. The molecule has 1 aromatic carbocycles. The fourth-order valence-electron chi connectivity index (χ4n) is 1.35. The van der Waals surface area contributed by atoms with Crippen LogP contribution in [0, 0.1) is 13.8 Å². The summed E-state index contributed by atoms with van der Waals surface area (Å²) in [5.74, 6) is 0.772. The molecule has 3 nitrogen and oxygen atoms in total. The van der Waals surface area contributed by atoms with Gasteiger partial charge < -0.3 is 10.3 Å². The van der Waals surface area contributed by atoms with Crippen LogP contribution in [0.15, 0.2) is 28.9 Å². The van der Waals surface area contributed by atoms with Crippen LogP contribution in [-0.4, -0.2) is 9.97 Å². The van der Waals surface area contributed by atoms with E-state index in [1.165, 1.54) is 5.56 Å². The topological polar surface area (TPSA) is 40.7 Å². The van der Waals surface area contributed by atoms with Crippen molar-refractivity contribution in [2.24, 2.45) is 0 Å². The maximum absolute atomic E-state index is 4.20. The van der Waals surface area contributed by atoms with Crippen molar-refractivity contribution in [3.8, 4) is 0 Å². The van der Waals surface area contributed by atoms with Gasteiger partial charge >= 0.3 is 0 Å². The second-order valence-electron chi connectivity index (χ2n) is 3.45. The molecular formula is C11H12BrN3. The molecule has 0 radical (unpaired) electrons. The highest BCUT2D eigenvalue weighted by Gasteiger charge is 2.03. The average Bonchev–Trinajstić information content (AvgIpc) is 2.59. The molecule has 0 saturated carbocycles. The Balaban J connectivity index is 2.28. The van der Waals surface area contributed by atoms with Crippen LogP contribution in [0.5, 0.6) is 0 Å². The van der Waals surface area contributed by atoms with E-state index in [9.17, 15) is 0 Å². The highest BCUT2D eigenvalue weighted by Crippen LogP contribution is 2.25. The number of aromatic amines is 1. The number of halogens is 1. The van der Waals surface area contributed by atoms with Crippen LogP contribution in [0.4, 0.5) is 11.6 Å². The van der Waals surface area contributed by atoms with Crippen molar-refractivity contribution in [3.63, 3.8) is 0 Å². The molecule has 2 rings (SSSR count). The zero-order chi connectivity index (χ0) is 10.8. The van der Waals surface area contributed by atoms with Crippen molar-refractivity contribution in [1.29, 1.82) is 0 Å². The van der Waals surface area contributed by atoms with Crippen LogP contribution in [0.3, 0.4) is 0 Å². The Morgan fingerprint density at radius 3 is 2.80 bits per heavy atom. The van der Waals surface area contributed by atoms with Crippen molar-refractivity contribution in [1.82, 2.24) is 9.97 Å². The largest absolute Gasteiger partial charge is 0.328 e. The fourth-order valence-corrected chi connectivity index (χ4v) is 1.71. The number of hydrogen-bond donors (Lipinski definition) is 2. The van der Waals surface area contributed by atoms with Gasteiger partial charge in [0, 0.05) is 22.1 Å². The third kappa shape index (κ3) is 2.21. The molecule has 2 aromatic rings. The van der Waals surface area contributed by atoms with E-state index in [0.717, 1.165) is 21.8 Å². The lowest BCUT2D eigenvalue weighted by molar-refractivity contribution is 1.23. The number of H-pyrrole nitrogens is 1. The van der Waals surface area contributed by atoms with E-state index in [0.29, 0.717) is 0 Å². The molecule has 0 aliphatic rings. The first kappa shape index (κ1) is 10.2. The molecule has 1 heterocycles. The number of rotatable bonds is 2. The van der Waals surface area contributed by atoms with Gasteiger partial charge in [-0.1, -0.05) is 22.0 Å². The molecule has 0 spiro atoms. The third-order valence-electron chi connectivity index (χ3n) is 2.22. The van der Waals surface area contributed by atoms with Gasteiger partial charge in [-0.15, -0.1) is 0 Å². The van der Waals surface area contributed by atoms with Crippen LogP contribution < -0.4 is 5.32 Å². The van der Waals surface area contributed by atoms with Gasteiger partial charge in [-0.2, -0.15) is 0 Å². The van der Waals surface area contributed by atoms with E-state index in [2.05, 4.69) is 38.1 Å². The van der Waals surface area contributed by atoms with E-state index in [1.54, 1.807) is 6.20 Å². The zero-order valence-corrected chi connectivity index (χ0v) is 10.2. The number of aromatic nitrogens is 2. The van der Waals surface area contributed by atoms with Crippen molar-refractivity contribution in [2.45, 2.75) is 13.8 Å². The molecule has 0 atom stereocenters. The van der Waals surface area contributed by atoms with E-state index in [4.69, 9.17) is 0 Å². The number of benzene rings is 1. The Labute approximate surface area is 97.1 Å².